The first-order chi connectivity index (χ1) is 19.1. The Labute approximate surface area is 231 Å². The molecule has 0 atom stereocenters. The molecule has 3 amide bonds. The molecule has 210 valence electrons. The van der Waals surface area contributed by atoms with Gasteiger partial charge in [-0.2, -0.15) is 0 Å². The first kappa shape index (κ1) is 27.5. The van der Waals surface area contributed by atoms with Crippen LogP contribution in [0, 0.1) is 11.6 Å². The smallest absolute Gasteiger partial charge is 0.268 e. The minimum absolute atomic E-state index is 0.0207. The van der Waals surface area contributed by atoms with Crippen molar-refractivity contribution in [3.63, 3.8) is 0 Å². The predicted octanol–water partition coefficient (Wildman–Crippen LogP) is 3.65. The highest BCUT2D eigenvalue weighted by atomic mass is 19.1. The quantitative estimate of drug-likeness (QED) is 0.471. The van der Waals surface area contributed by atoms with Crippen molar-refractivity contribution in [1.82, 2.24) is 25.0 Å². The molecule has 1 spiro atoms. The first-order valence-electron chi connectivity index (χ1n) is 13.4. The van der Waals surface area contributed by atoms with Gasteiger partial charge in [-0.3, -0.25) is 19.3 Å². The van der Waals surface area contributed by atoms with E-state index in [0.717, 1.165) is 42.7 Å². The number of rotatable bonds is 7. The van der Waals surface area contributed by atoms with Crippen molar-refractivity contribution in [2.75, 3.05) is 27.7 Å². The van der Waals surface area contributed by atoms with Crippen LogP contribution in [-0.2, 0) is 25.2 Å². The van der Waals surface area contributed by atoms with Crippen molar-refractivity contribution in [3.05, 3.63) is 93.8 Å². The molecule has 1 aromatic heterocycles. The molecule has 8 nitrogen and oxygen atoms in total. The Morgan fingerprint density at radius 1 is 0.925 bits per heavy atom. The Hall–Kier alpha value is -4.05. The molecule has 2 heterocycles. The topological polar surface area (TPSA) is 86.7 Å². The lowest BCUT2D eigenvalue weighted by Crippen LogP contribution is -2.56. The summed E-state index contributed by atoms with van der Waals surface area (Å²) < 4.78 is 32.1. The van der Waals surface area contributed by atoms with Crippen LogP contribution in [0.3, 0.4) is 0 Å². The highest BCUT2D eigenvalue weighted by molar-refractivity contribution is 5.95. The van der Waals surface area contributed by atoms with Crippen LogP contribution in [0.2, 0.25) is 0 Å². The maximum absolute atomic E-state index is 15.1. The van der Waals surface area contributed by atoms with Crippen LogP contribution in [0.5, 0.6) is 0 Å². The van der Waals surface area contributed by atoms with E-state index in [1.165, 1.54) is 19.0 Å². The normalized spacial score (nSPS) is 15.7. The van der Waals surface area contributed by atoms with Crippen molar-refractivity contribution in [2.24, 2.45) is 0 Å². The molecule has 3 aromatic rings. The number of carbonyl (C=O) groups excluding carboxylic acids is 3. The van der Waals surface area contributed by atoms with Crippen molar-refractivity contribution >= 4 is 17.7 Å². The second-order valence-electron chi connectivity index (χ2n) is 10.6. The number of hydrogen-bond donors (Lipinski definition) is 2. The van der Waals surface area contributed by atoms with Gasteiger partial charge in [-0.05, 0) is 61.2 Å². The van der Waals surface area contributed by atoms with Gasteiger partial charge in [-0.1, -0.05) is 12.1 Å². The summed E-state index contributed by atoms with van der Waals surface area (Å²) in [6, 6.07) is 13.0. The molecule has 0 bridgehead atoms. The van der Waals surface area contributed by atoms with E-state index < -0.39 is 23.1 Å². The average molecular weight is 550 g/mol. The summed E-state index contributed by atoms with van der Waals surface area (Å²) in [7, 11) is 4.65. The van der Waals surface area contributed by atoms with E-state index in [1.54, 1.807) is 31.3 Å². The highest BCUT2D eigenvalue weighted by Crippen LogP contribution is 2.49. The second kappa shape index (κ2) is 10.8. The molecule has 2 aromatic carbocycles. The maximum atomic E-state index is 15.1. The van der Waals surface area contributed by atoms with Crippen LogP contribution in [0.4, 0.5) is 8.78 Å². The van der Waals surface area contributed by atoms with E-state index in [0.29, 0.717) is 30.9 Å². The summed E-state index contributed by atoms with van der Waals surface area (Å²) in [6.45, 7) is 1.43. The number of nitrogens with zero attached hydrogens (tertiary/aromatic N) is 3. The SMILES string of the molecule is CNC(=O)c1ccc(CNC(=O)c2ccc3n2CCN(Cc2c(F)cc(C(=O)N(C)C)cc2F)C32CCC2)cc1. The number of carbonyl (C=O) groups is 3. The van der Waals surface area contributed by atoms with Gasteiger partial charge in [0.05, 0.1) is 5.54 Å². The lowest BCUT2D eigenvalue weighted by atomic mass is 9.71. The van der Waals surface area contributed by atoms with Gasteiger partial charge < -0.3 is 20.1 Å². The number of benzene rings is 2. The van der Waals surface area contributed by atoms with E-state index in [9.17, 15) is 14.4 Å². The number of halogens is 2. The van der Waals surface area contributed by atoms with Crippen LogP contribution in [0.25, 0.3) is 0 Å². The van der Waals surface area contributed by atoms with Gasteiger partial charge in [0.1, 0.15) is 17.3 Å². The Morgan fingerprint density at radius 3 is 2.17 bits per heavy atom. The van der Waals surface area contributed by atoms with Gasteiger partial charge in [0.25, 0.3) is 17.7 Å². The van der Waals surface area contributed by atoms with Gasteiger partial charge in [0, 0.05) is 69.7 Å². The molecule has 0 saturated heterocycles. The zero-order valence-electron chi connectivity index (χ0n) is 22.9. The Bertz CT molecular complexity index is 1440. The fraction of sp³-hybridized carbons (Fsp3) is 0.367. The molecule has 1 saturated carbocycles. The van der Waals surface area contributed by atoms with E-state index in [2.05, 4.69) is 15.5 Å². The predicted molar refractivity (Wildman–Crippen MR) is 146 cm³/mol. The number of hydrogen-bond acceptors (Lipinski definition) is 4. The lowest BCUT2D eigenvalue weighted by Gasteiger charge is -2.53. The zero-order valence-corrected chi connectivity index (χ0v) is 22.9. The summed E-state index contributed by atoms with van der Waals surface area (Å²) in [6.07, 6.45) is 2.64. The van der Waals surface area contributed by atoms with Gasteiger partial charge in [-0.15, -0.1) is 0 Å². The molecular weight excluding hydrogens is 516 g/mol. The third-order valence-corrected chi connectivity index (χ3v) is 8.11. The van der Waals surface area contributed by atoms with Gasteiger partial charge in [0.2, 0.25) is 0 Å². The second-order valence-corrected chi connectivity index (χ2v) is 10.6. The Kier molecular flexibility index (Phi) is 7.46. The summed E-state index contributed by atoms with van der Waals surface area (Å²) in [5.74, 6) is -2.30. The minimum Gasteiger partial charge on any atom is -0.355 e. The van der Waals surface area contributed by atoms with Crippen LogP contribution < -0.4 is 10.6 Å². The third kappa shape index (κ3) is 4.88. The van der Waals surface area contributed by atoms with Crippen molar-refractivity contribution < 1.29 is 23.2 Å². The molecule has 5 rings (SSSR count). The fourth-order valence-electron chi connectivity index (χ4n) is 5.74. The maximum Gasteiger partial charge on any atom is 0.268 e. The summed E-state index contributed by atoms with van der Waals surface area (Å²) >= 11 is 0. The van der Waals surface area contributed by atoms with Crippen LogP contribution in [0.15, 0.2) is 48.5 Å². The summed E-state index contributed by atoms with van der Waals surface area (Å²) in [4.78, 5) is 40.5. The molecular formula is C30H33F2N5O3. The summed E-state index contributed by atoms with van der Waals surface area (Å²) in [5.41, 5.74) is 2.47. The number of amides is 3. The van der Waals surface area contributed by atoms with Crippen LogP contribution in [-0.4, -0.2) is 59.8 Å². The summed E-state index contributed by atoms with van der Waals surface area (Å²) in [5, 5.41) is 5.54. The van der Waals surface area contributed by atoms with Crippen molar-refractivity contribution in [1.29, 1.82) is 0 Å². The number of fused-ring (bicyclic) bond motifs is 2. The van der Waals surface area contributed by atoms with E-state index in [-0.39, 0.29) is 29.5 Å². The minimum atomic E-state index is -0.732. The van der Waals surface area contributed by atoms with E-state index in [1.807, 2.05) is 16.7 Å². The molecule has 10 heteroatoms. The van der Waals surface area contributed by atoms with Crippen molar-refractivity contribution in [2.45, 2.75) is 44.4 Å². The largest absolute Gasteiger partial charge is 0.355 e. The standard InChI is InChI=1S/C30H33F2N5O3/c1-33-27(38)20-7-5-19(6-8-20)17-34-28(39)25-9-10-26-30(11-4-12-30)36(13-14-37(25)26)18-22-23(31)15-21(16-24(22)32)29(40)35(2)3/h5-10,15-16H,4,11-14,17-18H2,1-3H3,(H,33,38)(H,34,39). The van der Waals surface area contributed by atoms with Crippen molar-refractivity contribution in [3.8, 4) is 0 Å². The number of aromatic nitrogens is 1. The van der Waals surface area contributed by atoms with E-state index >= 15 is 8.78 Å². The molecule has 1 aliphatic carbocycles. The Balaban J connectivity index is 1.32. The van der Waals surface area contributed by atoms with E-state index in [4.69, 9.17) is 0 Å². The monoisotopic (exact) mass is 549 g/mol. The molecule has 40 heavy (non-hydrogen) atoms. The lowest BCUT2D eigenvalue weighted by molar-refractivity contribution is -0.0229. The molecule has 0 radical (unpaired) electrons. The molecule has 2 N–H and O–H groups in total. The van der Waals surface area contributed by atoms with Gasteiger partial charge in [-0.25, -0.2) is 8.78 Å². The molecule has 1 aliphatic heterocycles. The van der Waals surface area contributed by atoms with Crippen LogP contribution >= 0.6 is 0 Å². The zero-order chi connectivity index (χ0) is 28.6. The van der Waals surface area contributed by atoms with Gasteiger partial charge in [0.15, 0.2) is 0 Å². The average Bonchev–Trinajstić information content (AvgIpc) is 3.36. The molecule has 1 fully saturated rings. The number of nitrogens with one attached hydrogen (secondary N) is 2. The van der Waals surface area contributed by atoms with Crippen LogP contribution in [0.1, 0.15) is 67.3 Å². The third-order valence-electron chi connectivity index (χ3n) is 8.11. The molecule has 2 aliphatic rings. The molecule has 0 unspecified atom stereocenters. The first-order valence-corrected chi connectivity index (χ1v) is 13.4. The van der Waals surface area contributed by atoms with Gasteiger partial charge >= 0.3 is 0 Å². The fourth-order valence-corrected chi connectivity index (χ4v) is 5.74. The highest BCUT2D eigenvalue weighted by Gasteiger charge is 2.48. The Morgan fingerprint density at radius 2 is 1.60 bits per heavy atom.